The van der Waals surface area contributed by atoms with Gasteiger partial charge in [-0.3, -0.25) is 9.36 Å². The number of hydrogen-bond donors (Lipinski definition) is 3. The van der Waals surface area contributed by atoms with Gasteiger partial charge in [0.1, 0.15) is 17.6 Å². The average molecular weight is 597 g/mol. The first-order valence-electron chi connectivity index (χ1n) is 13.4. The molecule has 0 saturated carbocycles. The summed E-state index contributed by atoms with van der Waals surface area (Å²) in [6.07, 6.45) is 0.335. The Morgan fingerprint density at radius 1 is 1.02 bits per heavy atom. The normalized spacial score (nSPS) is 21.0. The Balaban J connectivity index is 1.60. The number of quaternary nitrogens is 1. The SMILES string of the molecule is CCOP(=O)(CC(Cc1ccccc1)NC(=O)c1ccccc1)NC1CSC[N@+](CC(=O)O)(c2ccccc2)C1=O. The van der Waals surface area contributed by atoms with Crippen LogP contribution in [0.4, 0.5) is 5.69 Å². The number of benzene rings is 3. The molecule has 0 aliphatic carbocycles. The van der Waals surface area contributed by atoms with Crippen LogP contribution in [0.15, 0.2) is 91.0 Å². The summed E-state index contributed by atoms with van der Waals surface area (Å²) in [7, 11) is -3.70. The molecule has 9 nitrogen and oxygen atoms in total. The Morgan fingerprint density at radius 3 is 2.24 bits per heavy atom. The number of thioether (sulfide) groups is 1. The lowest BCUT2D eigenvalue weighted by atomic mass is 10.1. The molecule has 1 aliphatic rings. The molecule has 1 aliphatic heterocycles. The maximum absolute atomic E-state index is 14.3. The number of amides is 2. The third kappa shape index (κ3) is 7.93. The molecule has 1 fully saturated rings. The maximum Gasteiger partial charge on any atom is 0.360 e. The van der Waals surface area contributed by atoms with Gasteiger partial charge in [-0.2, -0.15) is 0 Å². The molecule has 4 rings (SSSR count). The van der Waals surface area contributed by atoms with Crippen molar-refractivity contribution in [3.05, 3.63) is 102 Å². The molecule has 0 bridgehead atoms. The van der Waals surface area contributed by atoms with E-state index in [-0.39, 0.29) is 30.5 Å². The predicted octanol–water partition coefficient (Wildman–Crippen LogP) is 4.54. The molecule has 3 aromatic carbocycles. The van der Waals surface area contributed by atoms with Gasteiger partial charge >= 0.3 is 11.9 Å². The lowest BCUT2D eigenvalue weighted by molar-refractivity contribution is -0.143. The molecule has 1 heterocycles. The van der Waals surface area contributed by atoms with Crippen LogP contribution in [0.1, 0.15) is 22.8 Å². The lowest BCUT2D eigenvalue weighted by Gasteiger charge is -2.40. The van der Waals surface area contributed by atoms with Gasteiger partial charge in [-0.25, -0.2) is 19.2 Å². The molecule has 0 aromatic heterocycles. The second kappa shape index (κ2) is 14.1. The van der Waals surface area contributed by atoms with Crippen molar-refractivity contribution in [2.75, 3.05) is 30.9 Å². The maximum atomic E-state index is 14.3. The molecule has 3 N–H and O–H groups in total. The third-order valence-electron chi connectivity index (χ3n) is 6.82. The van der Waals surface area contributed by atoms with Gasteiger partial charge in [-0.15, -0.1) is 0 Å². The molecule has 4 atom stereocenters. The number of aliphatic carboxylic acids is 1. The quantitative estimate of drug-likeness (QED) is 0.194. The van der Waals surface area contributed by atoms with Gasteiger partial charge in [0.05, 0.1) is 12.8 Å². The first-order chi connectivity index (χ1) is 19.7. The van der Waals surface area contributed by atoms with Crippen LogP contribution in [0.5, 0.6) is 0 Å². The summed E-state index contributed by atoms with van der Waals surface area (Å²) < 4.78 is 19.7. The Labute approximate surface area is 244 Å². The lowest BCUT2D eigenvalue weighted by Crippen LogP contribution is -2.65. The number of nitrogens with one attached hydrogen (secondary N) is 2. The first kappa shape index (κ1) is 30.7. The smallest absolute Gasteiger partial charge is 0.360 e. The van der Waals surface area contributed by atoms with Crippen LogP contribution in [-0.4, -0.2) is 65.9 Å². The molecule has 11 heteroatoms. The van der Waals surface area contributed by atoms with Crippen molar-refractivity contribution in [3.63, 3.8) is 0 Å². The highest BCUT2D eigenvalue weighted by molar-refractivity contribution is 7.99. The minimum atomic E-state index is -3.70. The van der Waals surface area contributed by atoms with E-state index < -0.39 is 36.6 Å². The van der Waals surface area contributed by atoms with Crippen LogP contribution in [0.2, 0.25) is 0 Å². The zero-order chi connectivity index (χ0) is 29.3. The summed E-state index contributed by atoms with van der Waals surface area (Å²) in [5, 5.41) is 15.8. The van der Waals surface area contributed by atoms with E-state index in [1.165, 1.54) is 11.8 Å². The molecule has 0 spiro atoms. The Kier molecular flexibility index (Phi) is 10.5. The summed E-state index contributed by atoms with van der Waals surface area (Å²) in [6, 6.07) is 25.6. The second-order valence-corrected chi connectivity index (χ2v) is 13.1. The summed E-state index contributed by atoms with van der Waals surface area (Å²) in [5.74, 6) is -1.24. The van der Waals surface area contributed by atoms with E-state index in [0.29, 0.717) is 23.4 Å². The zero-order valence-electron chi connectivity index (χ0n) is 22.8. The van der Waals surface area contributed by atoms with Crippen molar-refractivity contribution in [1.29, 1.82) is 0 Å². The molecule has 3 aromatic rings. The van der Waals surface area contributed by atoms with Crippen molar-refractivity contribution in [2.24, 2.45) is 0 Å². The summed E-state index contributed by atoms with van der Waals surface area (Å²) >= 11 is 1.42. The molecule has 2 amide bonds. The molecule has 0 radical (unpaired) electrons. The Morgan fingerprint density at radius 2 is 1.63 bits per heavy atom. The number of para-hydroxylation sites is 1. The highest BCUT2D eigenvalue weighted by Gasteiger charge is 2.50. The number of carboxylic acids is 1. The topological polar surface area (TPSA) is 122 Å². The summed E-state index contributed by atoms with van der Waals surface area (Å²) in [4.78, 5) is 39.0. The van der Waals surface area contributed by atoms with Crippen LogP contribution in [0.3, 0.4) is 0 Å². The van der Waals surface area contributed by atoms with Gasteiger partial charge in [-0.1, -0.05) is 78.5 Å². The summed E-state index contributed by atoms with van der Waals surface area (Å²) in [6.45, 7) is 1.41. The van der Waals surface area contributed by atoms with Crippen molar-refractivity contribution in [2.45, 2.75) is 25.4 Å². The second-order valence-electron chi connectivity index (χ2n) is 9.87. The van der Waals surface area contributed by atoms with Crippen LogP contribution < -0.4 is 14.9 Å². The number of nitrogens with zero attached hydrogens (tertiary/aromatic N) is 1. The van der Waals surface area contributed by atoms with E-state index in [1.54, 1.807) is 61.5 Å². The van der Waals surface area contributed by atoms with Crippen molar-refractivity contribution in [3.8, 4) is 0 Å². The predicted molar refractivity (Wildman–Crippen MR) is 162 cm³/mol. The monoisotopic (exact) mass is 596 g/mol. The fourth-order valence-corrected chi connectivity index (χ4v) is 8.56. The molecule has 216 valence electrons. The fraction of sp³-hybridized carbons (Fsp3) is 0.300. The van der Waals surface area contributed by atoms with Gasteiger partial charge in [0.25, 0.3) is 13.4 Å². The van der Waals surface area contributed by atoms with Crippen LogP contribution in [0.25, 0.3) is 0 Å². The van der Waals surface area contributed by atoms with Crippen molar-refractivity contribution >= 4 is 42.8 Å². The minimum Gasteiger partial charge on any atom is -0.477 e. The van der Waals surface area contributed by atoms with Crippen LogP contribution in [-0.2, 0) is 25.1 Å². The first-order valence-corrected chi connectivity index (χ1v) is 16.4. The highest BCUT2D eigenvalue weighted by atomic mass is 32.2. The molecule has 3 unspecified atom stereocenters. The highest BCUT2D eigenvalue weighted by Crippen LogP contribution is 2.45. The number of rotatable bonds is 13. The van der Waals surface area contributed by atoms with Gasteiger partial charge in [0, 0.05) is 17.4 Å². The number of hydrogen-bond acceptors (Lipinski definition) is 6. The molecule has 1 saturated heterocycles. The van der Waals surface area contributed by atoms with E-state index in [2.05, 4.69) is 10.4 Å². The van der Waals surface area contributed by atoms with E-state index in [9.17, 15) is 24.1 Å². The largest absolute Gasteiger partial charge is 0.477 e. The van der Waals surface area contributed by atoms with Crippen molar-refractivity contribution in [1.82, 2.24) is 14.9 Å². The van der Waals surface area contributed by atoms with E-state index in [0.717, 1.165) is 5.56 Å². The van der Waals surface area contributed by atoms with E-state index in [4.69, 9.17) is 4.52 Å². The molecule has 41 heavy (non-hydrogen) atoms. The zero-order valence-corrected chi connectivity index (χ0v) is 24.6. The standard InChI is InChI=1S/C30H34N3O6PS/c1-2-39-40(38,20-25(18-23-12-6-3-7-13-23)31-29(36)24-14-8-4-9-15-24)32-27-21-41-22-33(30(27)37,19-28(34)35)26-16-10-5-11-17-26/h3-17,25,27H,2,18-22H2,1H3,(H2-,31,32,34,35,36,38)/p+1/t25?,27?,33-,40?/m1/s1. The van der Waals surface area contributed by atoms with E-state index >= 15 is 0 Å². The summed E-state index contributed by atoms with van der Waals surface area (Å²) in [5.41, 5.74) is 1.98. The molecular formula is C30H35N3O6PS+. The number of carbonyl (C=O) groups excluding carboxylic acids is 2. The van der Waals surface area contributed by atoms with Gasteiger partial charge in [-0.05, 0) is 43.2 Å². The number of carboxylic acid groups (broad SMARTS) is 1. The third-order valence-corrected chi connectivity index (χ3v) is 10.3. The van der Waals surface area contributed by atoms with Crippen molar-refractivity contribution < 1.29 is 28.6 Å². The Bertz CT molecular complexity index is 1380. The van der Waals surface area contributed by atoms with Gasteiger partial charge < -0.3 is 14.9 Å². The van der Waals surface area contributed by atoms with E-state index in [1.807, 2.05) is 36.4 Å². The fourth-order valence-electron chi connectivity index (χ4n) is 5.01. The average Bonchev–Trinajstić information content (AvgIpc) is 2.96. The molecular weight excluding hydrogens is 561 g/mol. The van der Waals surface area contributed by atoms with Gasteiger partial charge in [0.2, 0.25) is 0 Å². The van der Waals surface area contributed by atoms with Crippen LogP contribution >= 0.6 is 19.3 Å². The van der Waals surface area contributed by atoms with Crippen LogP contribution in [0, 0.1) is 0 Å². The minimum absolute atomic E-state index is 0.0625. The number of carbonyl (C=O) groups is 3. The van der Waals surface area contributed by atoms with Gasteiger partial charge in [0.15, 0.2) is 6.54 Å². The Hall–Kier alpha value is -3.27.